The van der Waals surface area contributed by atoms with Gasteiger partial charge in [0, 0.05) is 13.7 Å². The Bertz CT molecular complexity index is 441. The van der Waals surface area contributed by atoms with E-state index in [9.17, 15) is 8.78 Å². The molecule has 1 aromatic rings. The first-order valence-corrected chi connectivity index (χ1v) is 6.13. The molecule has 0 heterocycles. The third-order valence-electron chi connectivity index (χ3n) is 2.08. The van der Waals surface area contributed by atoms with Gasteiger partial charge in [-0.05, 0) is 42.0 Å². The molecular formula is C12H15F2N3O2S. The molecule has 0 fully saturated rings. The quantitative estimate of drug-likeness (QED) is 0.348. The van der Waals surface area contributed by atoms with Gasteiger partial charge in [-0.3, -0.25) is 5.43 Å². The molecule has 0 aliphatic carbocycles. The summed E-state index contributed by atoms with van der Waals surface area (Å²) < 4.78 is 33.0. The number of hydrazone groups is 1. The highest BCUT2D eigenvalue weighted by Crippen LogP contribution is 2.13. The van der Waals surface area contributed by atoms with E-state index >= 15 is 0 Å². The summed E-state index contributed by atoms with van der Waals surface area (Å²) in [7, 11) is 1.59. The third-order valence-corrected chi connectivity index (χ3v) is 2.31. The summed E-state index contributed by atoms with van der Waals surface area (Å²) in [4.78, 5) is 0. The van der Waals surface area contributed by atoms with Gasteiger partial charge in [0.1, 0.15) is 5.75 Å². The van der Waals surface area contributed by atoms with Crippen molar-refractivity contribution in [2.24, 2.45) is 5.10 Å². The van der Waals surface area contributed by atoms with Crippen molar-refractivity contribution in [3.8, 4) is 5.75 Å². The topological polar surface area (TPSA) is 54.9 Å². The molecule has 0 spiro atoms. The molecule has 0 bridgehead atoms. The molecule has 0 aliphatic rings. The third kappa shape index (κ3) is 6.95. The number of thiocarbonyl (C=S) groups is 1. The van der Waals surface area contributed by atoms with Crippen LogP contribution in [0, 0.1) is 0 Å². The Morgan fingerprint density at radius 1 is 1.40 bits per heavy atom. The molecule has 1 aromatic carbocycles. The lowest BCUT2D eigenvalue weighted by Crippen LogP contribution is -2.34. The van der Waals surface area contributed by atoms with Crippen LogP contribution in [0.4, 0.5) is 8.78 Å². The van der Waals surface area contributed by atoms with Crippen LogP contribution in [0.15, 0.2) is 29.4 Å². The average molecular weight is 303 g/mol. The van der Waals surface area contributed by atoms with Crippen molar-refractivity contribution < 1.29 is 18.3 Å². The minimum atomic E-state index is -2.83. The van der Waals surface area contributed by atoms with Gasteiger partial charge in [0.25, 0.3) is 0 Å². The van der Waals surface area contributed by atoms with Crippen molar-refractivity contribution in [3.05, 3.63) is 29.8 Å². The molecule has 0 atom stereocenters. The molecule has 0 unspecified atom stereocenters. The molecule has 0 radical (unpaired) electrons. The number of hydrogen-bond acceptors (Lipinski definition) is 4. The minimum Gasteiger partial charge on any atom is -0.435 e. The summed E-state index contributed by atoms with van der Waals surface area (Å²) in [5.41, 5.74) is 3.34. The average Bonchev–Trinajstić information content (AvgIpc) is 2.40. The first kappa shape index (κ1) is 16.3. The summed E-state index contributed by atoms with van der Waals surface area (Å²) in [6.07, 6.45) is 1.51. The van der Waals surface area contributed by atoms with Crippen LogP contribution < -0.4 is 15.5 Å². The van der Waals surface area contributed by atoms with Crippen molar-refractivity contribution >= 4 is 23.5 Å². The van der Waals surface area contributed by atoms with Crippen LogP contribution in [-0.4, -0.2) is 38.2 Å². The second-order valence-corrected chi connectivity index (χ2v) is 3.97. The van der Waals surface area contributed by atoms with E-state index in [2.05, 4.69) is 20.6 Å². The van der Waals surface area contributed by atoms with Crippen LogP contribution in [-0.2, 0) is 4.74 Å². The summed E-state index contributed by atoms with van der Waals surface area (Å²) >= 11 is 4.96. The fourth-order valence-corrected chi connectivity index (χ4v) is 1.36. The fourth-order valence-electron chi connectivity index (χ4n) is 1.21. The smallest absolute Gasteiger partial charge is 0.387 e. The summed E-state index contributed by atoms with van der Waals surface area (Å²) in [5.74, 6) is 0.0989. The largest absolute Gasteiger partial charge is 0.435 e. The standard InChI is InChI=1S/C12H15F2N3O2S/c1-18-7-6-15-12(20)17-16-8-9-2-4-10(5-3-9)19-11(13)14/h2-5,8,11H,6-7H2,1H3,(H2,15,17,20). The first-order chi connectivity index (χ1) is 9.61. The Morgan fingerprint density at radius 2 is 2.10 bits per heavy atom. The molecule has 0 aromatic heterocycles. The second kappa shape index (κ2) is 9.16. The van der Waals surface area contributed by atoms with Crippen molar-refractivity contribution in [3.63, 3.8) is 0 Å². The summed E-state index contributed by atoms with van der Waals surface area (Å²) in [6.45, 7) is -1.71. The number of benzene rings is 1. The Morgan fingerprint density at radius 3 is 2.70 bits per heavy atom. The monoisotopic (exact) mass is 303 g/mol. The summed E-state index contributed by atoms with van der Waals surface area (Å²) in [5, 5.41) is 7.15. The van der Waals surface area contributed by atoms with Gasteiger partial charge in [-0.2, -0.15) is 13.9 Å². The lowest BCUT2D eigenvalue weighted by molar-refractivity contribution is -0.0498. The zero-order chi connectivity index (χ0) is 14.8. The van der Waals surface area contributed by atoms with E-state index in [0.29, 0.717) is 18.3 Å². The number of hydrogen-bond donors (Lipinski definition) is 2. The van der Waals surface area contributed by atoms with Crippen molar-refractivity contribution in [2.45, 2.75) is 6.61 Å². The van der Waals surface area contributed by atoms with E-state index in [1.165, 1.54) is 18.3 Å². The van der Waals surface area contributed by atoms with E-state index in [4.69, 9.17) is 17.0 Å². The summed E-state index contributed by atoms with van der Waals surface area (Å²) in [6, 6.07) is 6.07. The molecule has 0 amide bonds. The molecular weight excluding hydrogens is 288 g/mol. The number of halogens is 2. The molecule has 0 saturated carbocycles. The number of nitrogens with one attached hydrogen (secondary N) is 2. The molecule has 2 N–H and O–H groups in total. The number of ether oxygens (including phenoxy) is 2. The van der Waals surface area contributed by atoms with E-state index in [1.54, 1.807) is 19.2 Å². The van der Waals surface area contributed by atoms with E-state index < -0.39 is 6.61 Å². The van der Waals surface area contributed by atoms with Gasteiger partial charge in [-0.15, -0.1) is 0 Å². The Hall–Kier alpha value is -1.80. The first-order valence-electron chi connectivity index (χ1n) is 5.72. The van der Waals surface area contributed by atoms with Gasteiger partial charge in [-0.1, -0.05) is 0 Å². The Balaban J connectivity index is 2.36. The molecule has 0 aliphatic heterocycles. The maximum absolute atomic E-state index is 12.0. The zero-order valence-corrected chi connectivity index (χ0v) is 11.6. The molecule has 8 heteroatoms. The molecule has 5 nitrogen and oxygen atoms in total. The van der Waals surface area contributed by atoms with Crippen LogP contribution >= 0.6 is 12.2 Å². The van der Waals surface area contributed by atoms with Gasteiger partial charge in [-0.25, -0.2) is 0 Å². The fraction of sp³-hybridized carbons (Fsp3) is 0.333. The van der Waals surface area contributed by atoms with Crippen LogP contribution in [0.5, 0.6) is 5.75 Å². The maximum atomic E-state index is 12.0. The molecule has 0 saturated heterocycles. The predicted molar refractivity (Wildman–Crippen MR) is 76.3 cm³/mol. The number of rotatable bonds is 7. The zero-order valence-electron chi connectivity index (χ0n) is 10.8. The van der Waals surface area contributed by atoms with Crippen LogP contribution in [0.25, 0.3) is 0 Å². The van der Waals surface area contributed by atoms with Crippen LogP contribution in [0.1, 0.15) is 5.56 Å². The van der Waals surface area contributed by atoms with E-state index in [-0.39, 0.29) is 5.75 Å². The normalized spacial score (nSPS) is 10.8. The SMILES string of the molecule is COCCNC(=S)NN=Cc1ccc(OC(F)F)cc1. The van der Waals surface area contributed by atoms with Gasteiger partial charge < -0.3 is 14.8 Å². The Kier molecular flexibility index (Phi) is 7.44. The number of nitrogens with zero attached hydrogens (tertiary/aromatic N) is 1. The van der Waals surface area contributed by atoms with Crippen molar-refractivity contribution in [1.29, 1.82) is 0 Å². The highest BCUT2D eigenvalue weighted by molar-refractivity contribution is 7.80. The van der Waals surface area contributed by atoms with Gasteiger partial charge in [0.05, 0.1) is 12.8 Å². The lowest BCUT2D eigenvalue weighted by Gasteiger charge is -2.06. The Labute approximate surface area is 121 Å². The van der Waals surface area contributed by atoms with Crippen molar-refractivity contribution in [1.82, 2.24) is 10.7 Å². The molecule has 110 valence electrons. The minimum absolute atomic E-state index is 0.0989. The van der Waals surface area contributed by atoms with Crippen LogP contribution in [0.3, 0.4) is 0 Å². The van der Waals surface area contributed by atoms with Gasteiger partial charge in [0.2, 0.25) is 0 Å². The van der Waals surface area contributed by atoms with E-state index in [1.807, 2.05) is 0 Å². The second-order valence-electron chi connectivity index (χ2n) is 3.57. The van der Waals surface area contributed by atoms with Crippen molar-refractivity contribution in [2.75, 3.05) is 20.3 Å². The maximum Gasteiger partial charge on any atom is 0.387 e. The van der Waals surface area contributed by atoms with E-state index in [0.717, 1.165) is 5.56 Å². The number of methoxy groups -OCH3 is 1. The van der Waals surface area contributed by atoms with Crippen LogP contribution in [0.2, 0.25) is 0 Å². The number of alkyl halides is 2. The highest BCUT2D eigenvalue weighted by Gasteiger charge is 2.02. The molecule has 1 rings (SSSR count). The molecule has 20 heavy (non-hydrogen) atoms. The lowest BCUT2D eigenvalue weighted by atomic mass is 10.2. The highest BCUT2D eigenvalue weighted by atomic mass is 32.1. The predicted octanol–water partition coefficient (Wildman–Crippen LogP) is 1.73. The van der Waals surface area contributed by atoms with Gasteiger partial charge >= 0.3 is 6.61 Å². The van der Waals surface area contributed by atoms with Gasteiger partial charge in [0.15, 0.2) is 5.11 Å².